The zero-order chi connectivity index (χ0) is 14.2. The average molecular weight is 283 g/mol. The maximum atomic E-state index is 2.98. The second kappa shape index (κ2) is 5.76. The van der Waals surface area contributed by atoms with E-state index in [9.17, 15) is 0 Å². The zero-order valence-electron chi connectivity index (χ0n) is 13.4. The molecule has 1 unspecified atom stereocenters. The van der Waals surface area contributed by atoms with Gasteiger partial charge in [-0.05, 0) is 56.9 Å². The summed E-state index contributed by atoms with van der Waals surface area (Å²) < 4.78 is 0. The summed E-state index contributed by atoms with van der Waals surface area (Å²) in [6.07, 6.45) is 13.1. The van der Waals surface area contributed by atoms with Crippen LogP contribution in [0.2, 0.25) is 0 Å². The number of fused-ring (bicyclic) bond motifs is 2. The molecule has 0 N–H and O–H groups in total. The van der Waals surface area contributed by atoms with E-state index in [-0.39, 0.29) is 0 Å². The van der Waals surface area contributed by atoms with Gasteiger partial charge in [0.15, 0.2) is 0 Å². The van der Waals surface area contributed by atoms with Crippen molar-refractivity contribution in [3.63, 3.8) is 0 Å². The summed E-state index contributed by atoms with van der Waals surface area (Å²) in [5.41, 5.74) is 2.99. The molecule has 2 bridgehead atoms. The molecule has 2 saturated heterocycles. The van der Waals surface area contributed by atoms with Crippen LogP contribution in [0, 0.1) is 6.92 Å². The van der Waals surface area contributed by atoms with E-state index in [1.807, 2.05) is 0 Å². The van der Waals surface area contributed by atoms with Gasteiger partial charge in [0.2, 0.25) is 0 Å². The van der Waals surface area contributed by atoms with E-state index >= 15 is 0 Å². The van der Waals surface area contributed by atoms with E-state index in [1.165, 1.54) is 63.4 Å². The number of rotatable bonds is 2. The highest BCUT2D eigenvalue weighted by Gasteiger charge is 2.43. The predicted octanol–water partition coefficient (Wildman–Crippen LogP) is 5.04. The molecule has 0 spiro atoms. The summed E-state index contributed by atoms with van der Waals surface area (Å²) in [6.45, 7) is 2.19. The number of hydrogen-bond donors (Lipinski definition) is 0. The molecule has 1 heteroatoms. The first kappa shape index (κ1) is 13.8. The van der Waals surface area contributed by atoms with Crippen LogP contribution in [0.5, 0.6) is 0 Å². The van der Waals surface area contributed by atoms with Crippen LogP contribution in [0.25, 0.3) is 0 Å². The topological polar surface area (TPSA) is 3.24 Å². The van der Waals surface area contributed by atoms with E-state index in [0.29, 0.717) is 0 Å². The van der Waals surface area contributed by atoms with E-state index in [2.05, 4.69) is 36.1 Å². The molecule has 0 radical (unpaired) electrons. The van der Waals surface area contributed by atoms with Crippen LogP contribution in [-0.2, 0) is 0 Å². The molecule has 1 aromatic carbocycles. The molecule has 3 fully saturated rings. The lowest BCUT2D eigenvalue weighted by atomic mass is 9.82. The van der Waals surface area contributed by atoms with Gasteiger partial charge in [0.05, 0.1) is 0 Å². The van der Waals surface area contributed by atoms with Crippen LogP contribution in [0.3, 0.4) is 0 Å². The van der Waals surface area contributed by atoms with Crippen molar-refractivity contribution in [2.24, 2.45) is 0 Å². The largest absolute Gasteiger partial charge is 0.294 e. The van der Waals surface area contributed by atoms with Crippen molar-refractivity contribution in [3.05, 3.63) is 35.4 Å². The fourth-order valence-electron chi connectivity index (χ4n) is 5.30. The van der Waals surface area contributed by atoms with Crippen LogP contribution in [0.15, 0.2) is 24.3 Å². The van der Waals surface area contributed by atoms with E-state index in [0.717, 1.165) is 24.0 Å². The van der Waals surface area contributed by atoms with Gasteiger partial charge >= 0.3 is 0 Å². The molecule has 1 aliphatic carbocycles. The molecule has 4 rings (SSSR count). The molecule has 21 heavy (non-hydrogen) atoms. The first-order valence-corrected chi connectivity index (χ1v) is 9.15. The summed E-state index contributed by atoms with van der Waals surface area (Å²) in [7, 11) is 0. The summed E-state index contributed by atoms with van der Waals surface area (Å²) in [4.78, 5) is 2.98. The average Bonchev–Trinajstić information content (AvgIpc) is 2.79. The Morgan fingerprint density at radius 1 is 0.762 bits per heavy atom. The second-order valence-corrected chi connectivity index (χ2v) is 7.70. The Kier molecular flexibility index (Phi) is 3.79. The van der Waals surface area contributed by atoms with Gasteiger partial charge in [-0.25, -0.2) is 0 Å². The van der Waals surface area contributed by atoms with Gasteiger partial charge in [0.1, 0.15) is 0 Å². The maximum absolute atomic E-state index is 2.98. The smallest absolute Gasteiger partial charge is 0.0107 e. The fourth-order valence-corrected chi connectivity index (χ4v) is 5.30. The first-order chi connectivity index (χ1) is 10.3. The molecular formula is C20H29N. The van der Waals surface area contributed by atoms with E-state index in [4.69, 9.17) is 0 Å². The first-order valence-electron chi connectivity index (χ1n) is 9.15. The monoisotopic (exact) mass is 283 g/mol. The highest BCUT2D eigenvalue weighted by atomic mass is 15.2. The van der Waals surface area contributed by atoms with Crippen molar-refractivity contribution >= 4 is 0 Å². The van der Waals surface area contributed by atoms with Crippen molar-refractivity contribution in [3.8, 4) is 0 Å². The second-order valence-electron chi connectivity index (χ2n) is 7.70. The predicted molar refractivity (Wildman–Crippen MR) is 88.7 cm³/mol. The van der Waals surface area contributed by atoms with Crippen molar-refractivity contribution in [2.75, 3.05) is 0 Å². The number of aryl methyl sites for hydroxylation is 1. The molecule has 3 aliphatic rings. The van der Waals surface area contributed by atoms with Gasteiger partial charge < -0.3 is 0 Å². The standard InChI is InChI=1S/C20H29N/c1-15-7-9-16(10-8-15)17-13-19-11-12-20(14-17)21(19)18-5-3-2-4-6-18/h7-10,17-20H,2-6,11-14H2,1H3/t17?,19-,20+. The SMILES string of the molecule is Cc1ccc(C2C[C@H]3CC[C@@H](C2)N3C2CCCCC2)cc1. The lowest BCUT2D eigenvalue weighted by Gasteiger charge is -2.45. The lowest BCUT2D eigenvalue weighted by molar-refractivity contribution is 0.0567. The minimum absolute atomic E-state index is 0.822. The Hall–Kier alpha value is -0.820. The summed E-state index contributed by atoms with van der Waals surface area (Å²) in [6, 6.07) is 12.1. The number of nitrogens with zero attached hydrogens (tertiary/aromatic N) is 1. The van der Waals surface area contributed by atoms with Gasteiger partial charge in [-0.2, -0.15) is 0 Å². The molecular weight excluding hydrogens is 254 g/mol. The highest BCUT2D eigenvalue weighted by molar-refractivity contribution is 5.26. The summed E-state index contributed by atoms with van der Waals surface area (Å²) >= 11 is 0. The van der Waals surface area contributed by atoms with Crippen molar-refractivity contribution < 1.29 is 0 Å². The molecule has 1 nitrogen and oxygen atoms in total. The fraction of sp³-hybridized carbons (Fsp3) is 0.700. The van der Waals surface area contributed by atoms with Gasteiger partial charge in [0.25, 0.3) is 0 Å². The Labute approximate surface area is 129 Å². The van der Waals surface area contributed by atoms with Crippen LogP contribution >= 0.6 is 0 Å². The van der Waals surface area contributed by atoms with E-state index < -0.39 is 0 Å². The molecule has 1 aromatic rings. The van der Waals surface area contributed by atoms with Crippen LogP contribution in [0.4, 0.5) is 0 Å². The minimum atomic E-state index is 0.822. The molecule has 3 atom stereocenters. The minimum Gasteiger partial charge on any atom is -0.294 e. The number of benzene rings is 1. The van der Waals surface area contributed by atoms with Crippen molar-refractivity contribution in [1.29, 1.82) is 0 Å². The van der Waals surface area contributed by atoms with Gasteiger partial charge in [-0.3, -0.25) is 4.90 Å². The summed E-state index contributed by atoms with van der Waals surface area (Å²) in [5, 5.41) is 0. The molecule has 2 heterocycles. The number of hydrogen-bond acceptors (Lipinski definition) is 1. The molecule has 0 amide bonds. The van der Waals surface area contributed by atoms with Gasteiger partial charge in [0, 0.05) is 18.1 Å². The molecule has 114 valence electrons. The maximum Gasteiger partial charge on any atom is 0.0107 e. The van der Waals surface area contributed by atoms with Crippen LogP contribution in [-0.4, -0.2) is 23.0 Å². The Bertz CT molecular complexity index is 457. The quantitative estimate of drug-likeness (QED) is 0.735. The Morgan fingerprint density at radius 3 is 2.00 bits per heavy atom. The third kappa shape index (κ3) is 2.65. The van der Waals surface area contributed by atoms with E-state index in [1.54, 1.807) is 5.56 Å². The normalized spacial score (nSPS) is 34.2. The van der Waals surface area contributed by atoms with Crippen LogP contribution in [0.1, 0.15) is 74.8 Å². The van der Waals surface area contributed by atoms with Crippen molar-refractivity contribution in [2.45, 2.75) is 88.8 Å². The van der Waals surface area contributed by atoms with Gasteiger partial charge in [-0.1, -0.05) is 49.1 Å². The van der Waals surface area contributed by atoms with Crippen molar-refractivity contribution in [1.82, 2.24) is 4.90 Å². The lowest BCUT2D eigenvalue weighted by Crippen LogP contribution is -2.49. The highest BCUT2D eigenvalue weighted by Crippen LogP contribution is 2.45. The zero-order valence-corrected chi connectivity index (χ0v) is 13.4. The molecule has 2 aliphatic heterocycles. The third-order valence-corrected chi connectivity index (χ3v) is 6.33. The Balaban J connectivity index is 1.49. The Morgan fingerprint density at radius 2 is 1.38 bits per heavy atom. The third-order valence-electron chi connectivity index (χ3n) is 6.33. The number of piperidine rings is 1. The summed E-state index contributed by atoms with van der Waals surface area (Å²) in [5.74, 6) is 0.822. The van der Waals surface area contributed by atoms with Crippen LogP contribution < -0.4 is 0 Å². The molecule has 1 saturated carbocycles. The van der Waals surface area contributed by atoms with Gasteiger partial charge in [-0.15, -0.1) is 0 Å². The molecule has 0 aromatic heterocycles.